The molecule has 1 saturated carbocycles. The number of aromatic nitrogens is 2. The van der Waals surface area contributed by atoms with Gasteiger partial charge in [0.15, 0.2) is 0 Å². The van der Waals surface area contributed by atoms with Gasteiger partial charge in [0.05, 0.1) is 20.6 Å². The number of hydrogen-bond acceptors (Lipinski definition) is 6. The van der Waals surface area contributed by atoms with Gasteiger partial charge >= 0.3 is 0 Å². The first kappa shape index (κ1) is 18.0. The molecule has 4 rings (SSSR count). The van der Waals surface area contributed by atoms with E-state index in [1.54, 1.807) is 20.3 Å². The fourth-order valence-electron chi connectivity index (χ4n) is 2.94. The van der Waals surface area contributed by atoms with Crippen molar-refractivity contribution in [3.05, 3.63) is 53.9 Å². The highest BCUT2D eigenvalue weighted by Gasteiger charge is 2.29. The molecule has 1 heterocycles. The smallest absolute Gasteiger partial charge is 0.230 e. The maximum absolute atomic E-state index is 12.5. The van der Waals surface area contributed by atoms with Gasteiger partial charge in [0.25, 0.3) is 0 Å². The van der Waals surface area contributed by atoms with E-state index in [1.165, 1.54) is 0 Å². The maximum Gasteiger partial charge on any atom is 0.230 e. The van der Waals surface area contributed by atoms with Crippen LogP contribution in [-0.4, -0.2) is 30.3 Å². The SMILES string of the molecule is COc1cc(CC(=O)Nc2cccc(-c3noc(C4CC4)n3)c2)cc(OC)c1. The third-order valence-corrected chi connectivity index (χ3v) is 4.55. The monoisotopic (exact) mass is 379 g/mol. The van der Waals surface area contributed by atoms with Crippen molar-refractivity contribution in [3.8, 4) is 22.9 Å². The average Bonchev–Trinajstić information content (AvgIpc) is 3.44. The van der Waals surface area contributed by atoms with Crippen LogP contribution in [0.5, 0.6) is 11.5 Å². The fourth-order valence-corrected chi connectivity index (χ4v) is 2.94. The molecule has 1 fully saturated rings. The van der Waals surface area contributed by atoms with Gasteiger partial charge in [-0.1, -0.05) is 17.3 Å². The second-order valence-electron chi connectivity index (χ2n) is 6.76. The Labute approximate surface area is 162 Å². The molecule has 0 radical (unpaired) electrons. The van der Waals surface area contributed by atoms with Gasteiger partial charge in [0, 0.05) is 23.2 Å². The molecule has 0 spiro atoms. The molecule has 2 aromatic carbocycles. The third kappa shape index (κ3) is 4.14. The van der Waals surface area contributed by atoms with Gasteiger partial charge in [-0.15, -0.1) is 0 Å². The van der Waals surface area contributed by atoms with Gasteiger partial charge in [-0.25, -0.2) is 0 Å². The quantitative estimate of drug-likeness (QED) is 0.672. The first-order chi connectivity index (χ1) is 13.6. The summed E-state index contributed by atoms with van der Waals surface area (Å²) in [5.41, 5.74) is 2.28. The van der Waals surface area contributed by atoms with Gasteiger partial charge in [-0.05, 0) is 42.7 Å². The highest BCUT2D eigenvalue weighted by molar-refractivity contribution is 5.92. The Morgan fingerprint density at radius 3 is 2.57 bits per heavy atom. The minimum absolute atomic E-state index is 0.140. The molecule has 3 aromatic rings. The van der Waals surface area contributed by atoms with Crippen molar-refractivity contribution in [2.45, 2.75) is 25.2 Å². The summed E-state index contributed by atoms with van der Waals surface area (Å²) in [6, 6.07) is 12.8. The Balaban J connectivity index is 1.46. The summed E-state index contributed by atoms with van der Waals surface area (Å²) in [6.45, 7) is 0. The lowest BCUT2D eigenvalue weighted by Gasteiger charge is -2.09. The van der Waals surface area contributed by atoms with E-state index in [-0.39, 0.29) is 12.3 Å². The van der Waals surface area contributed by atoms with Crippen LogP contribution in [0.3, 0.4) is 0 Å². The molecular formula is C21H21N3O4. The summed E-state index contributed by atoms with van der Waals surface area (Å²) in [5, 5.41) is 6.96. The molecule has 0 unspecified atom stereocenters. The van der Waals surface area contributed by atoms with Gasteiger partial charge in [0.2, 0.25) is 17.6 Å². The van der Waals surface area contributed by atoms with Crippen molar-refractivity contribution < 1.29 is 18.8 Å². The van der Waals surface area contributed by atoms with E-state index in [0.717, 1.165) is 24.0 Å². The molecule has 1 aromatic heterocycles. The van der Waals surface area contributed by atoms with Crippen LogP contribution < -0.4 is 14.8 Å². The third-order valence-electron chi connectivity index (χ3n) is 4.55. The number of anilines is 1. The highest BCUT2D eigenvalue weighted by atomic mass is 16.5. The number of ether oxygens (including phenoxy) is 2. The predicted molar refractivity (Wildman–Crippen MR) is 104 cm³/mol. The number of nitrogens with zero attached hydrogens (tertiary/aromatic N) is 2. The first-order valence-electron chi connectivity index (χ1n) is 9.10. The van der Waals surface area contributed by atoms with Crippen molar-refractivity contribution >= 4 is 11.6 Å². The molecular weight excluding hydrogens is 358 g/mol. The van der Waals surface area contributed by atoms with Gasteiger partial charge in [0.1, 0.15) is 11.5 Å². The Morgan fingerprint density at radius 1 is 1.14 bits per heavy atom. The van der Waals surface area contributed by atoms with E-state index >= 15 is 0 Å². The number of carbonyl (C=O) groups is 1. The normalized spacial score (nSPS) is 13.2. The van der Waals surface area contributed by atoms with E-state index in [0.29, 0.717) is 34.8 Å². The van der Waals surface area contributed by atoms with Crippen molar-refractivity contribution in [3.63, 3.8) is 0 Å². The van der Waals surface area contributed by atoms with Crippen molar-refractivity contribution in [2.24, 2.45) is 0 Å². The number of amides is 1. The Morgan fingerprint density at radius 2 is 1.89 bits per heavy atom. The van der Waals surface area contributed by atoms with E-state index < -0.39 is 0 Å². The van der Waals surface area contributed by atoms with Crippen LogP contribution in [0.4, 0.5) is 5.69 Å². The van der Waals surface area contributed by atoms with E-state index in [4.69, 9.17) is 14.0 Å². The van der Waals surface area contributed by atoms with Crippen LogP contribution in [0.15, 0.2) is 47.0 Å². The lowest BCUT2D eigenvalue weighted by molar-refractivity contribution is -0.115. The van der Waals surface area contributed by atoms with E-state index in [2.05, 4.69) is 15.5 Å². The molecule has 1 aliphatic carbocycles. The van der Waals surface area contributed by atoms with Crippen LogP contribution >= 0.6 is 0 Å². The standard InChI is InChI=1S/C21H21N3O4/c1-26-17-8-13(9-18(12-17)27-2)10-19(25)22-16-5-3-4-15(11-16)20-23-21(28-24-20)14-6-7-14/h3-5,8-9,11-12,14H,6-7,10H2,1-2H3,(H,22,25). The van der Waals surface area contributed by atoms with E-state index in [1.807, 2.05) is 36.4 Å². The van der Waals surface area contributed by atoms with E-state index in [9.17, 15) is 4.79 Å². The number of methoxy groups -OCH3 is 2. The van der Waals surface area contributed by atoms with Crippen LogP contribution in [0.2, 0.25) is 0 Å². The number of rotatable bonds is 7. The van der Waals surface area contributed by atoms with Crippen molar-refractivity contribution in [1.82, 2.24) is 10.1 Å². The summed E-state index contributed by atoms with van der Waals surface area (Å²) >= 11 is 0. The number of hydrogen-bond donors (Lipinski definition) is 1. The van der Waals surface area contributed by atoms with Gasteiger partial charge < -0.3 is 19.3 Å². The van der Waals surface area contributed by atoms with Crippen LogP contribution in [-0.2, 0) is 11.2 Å². The molecule has 1 aliphatic rings. The lowest BCUT2D eigenvalue weighted by atomic mass is 10.1. The molecule has 0 saturated heterocycles. The molecule has 0 bridgehead atoms. The summed E-state index contributed by atoms with van der Waals surface area (Å²) < 4.78 is 15.8. The Kier molecular flexibility index (Phi) is 4.97. The zero-order chi connectivity index (χ0) is 19.5. The van der Waals surface area contributed by atoms with Gasteiger partial charge in [-0.2, -0.15) is 4.98 Å². The molecule has 7 nitrogen and oxygen atoms in total. The van der Waals surface area contributed by atoms with Crippen LogP contribution in [0.1, 0.15) is 30.2 Å². The molecule has 144 valence electrons. The fraction of sp³-hybridized carbons (Fsp3) is 0.286. The Bertz CT molecular complexity index is 973. The summed E-state index contributed by atoms with van der Waals surface area (Å²) in [4.78, 5) is 16.9. The number of benzene rings is 2. The topological polar surface area (TPSA) is 86.5 Å². The second-order valence-corrected chi connectivity index (χ2v) is 6.76. The Hall–Kier alpha value is -3.35. The molecule has 0 atom stereocenters. The lowest BCUT2D eigenvalue weighted by Crippen LogP contribution is -2.14. The summed E-state index contributed by atoms with van der Waals surface area (Å²) in [7, 11) is 3.16. The maximum atomic E-state index is 12.5. The largest absolute Gasteiger partial charge is 0.497 e. The number of nitrogens with one attached hydrogen (secondary N) is 1. The van der Waals surface area contributed by atoms with Gasteiger partial charge in [-0.3, -0.25) is 4.79 Å². The molecule has 7 heteroatoms. The van der Waals surface area contributed by atoms with Crippen LogP contribution in [0.25, 0.3) is 11.4 Å². The van der Waals surface area contributed by atoms with Crippen molar-refractivity contribution in [1.29, 1.82) is 0 Å². The minimum atomic E-state index is -0.140. The minimum Gasteiger partial charge on any atom is -0.497 e. The summed E-state index contributed by atoms with van der Waals surface area (Å²) in [6.07, 6.45) is 2.41. The van der Waals surface area contributed by atoms with Crippen LogP contribution in [0, 0.1) is 0 Å². The molecule has 1 amide bonds. The zero-order valence-electron chi connectivity index (χ0n) is 15.8. The first-order valence-corrected chi connectivity index (χ1v) is 9.10. The highest BCUT2D eigenvalue weighted by Crippen LogP contribution is 2.39. The molecule has 0 aliphatic heterocycles. The predicted octanol–water partition coefficient (Wildman–Crippen LogP) is 3.81. The summed E-state index contributed by atoms with van der Waals surface area (Å²) in [5.74, 6) is 2.79. The zero-order valence-corrected chi connectivity index (χ0v) is 15.8. The number of carbonyl (C=O) groups excluding carboxylic acids is 1. The second kappa shape index (κ2) is 7.72. The molecule has 1 N–H and O–H groups in total. The molecule has 28 heavy (non-hydrogen) atoms. The van der Waals surface area contributed by atoms with Crippen molar-refractivity contribution in [2.75, 3.05) is 19.5 Å². The average molecular weight is 379 g/mol.